The van der Waals surface area contributed by atoms with Crippen LogP contribution in [-0.2, 0) is 12.4 Å². The summed E-state index contributed by atoms with van der Waals surface area (Å²) in [6, 6.07) is 1.94. The Hall–Kier alpha value is -1.40. The standard InChI is InChI=1S/C15H17F6N/c1-22(10-6-3-2-4-7-10)13-11(14(16,17)18)8-5-9-12(13)15(19,20)21/h5,8-10H,2-4,6-7H2,1H3. The number of anilines is 1. The fourth-order valence-electron chi connectivity index (χ4n) is 3.03. The van der Waals surface area contributed by atoms with E-state index in [1.54, 1.807) is 0 Å². The van der Waals surface area contributed by atoms with Crippen LogP contribution in [0.3, 0.4) is 0 Å². The van der Waals surface area contributed by atoms with Crippen LogP contribution < -0.4 is 4.90 Å². The van der Waals surface area contributed by atoms with Gasteiger partial charge in [-0.15, -0.1) is 0 Å². The van der Waals surface area contributed by atoms with E-state index in [0.717, 1.165) is 25.3 Å². The Bertz CT molecular complexity index is 481. The maximum absolute atomic E-state index is 13.2. The molecule has 0 bridgehead atoms. The molecule has 1 aromatic rings. The van der Waals surface area contributed by atoms with Gasteiger partial charge in [-0.3, -0.25) is 0 Å². The maximum atomic E-state index is 13.2. The van der Waals surface area contributed by atoms with Gasteiger partial charge in [0, 0.05) is 13.1 Å². The number of halogens is 6. The molecule has 124 valence electrons. The molecule has 7 heteroatoms. The number of hydrogen-bond acceptors (Lipinski definition) is 1. The zero-order chi connectivity index (χ0) is 16.5. The summed E-state index contributed by atoms with van der Waals surface area (Å²) in [5.74, 6) is 0. The first-order valence-corrected chi connectivity index (χ1v) is 7.12. The highest BCUT2D eigenvalue weighted by molar-refractivity contribution is 5.62. The van der Waals surface area contributed by atoms with Crippen molar-refractivity contribution in [2.45, 2.75) is 50.5 Å². The summed E-state index contributed by atoms with van der Waals surface area (Å²) in [4.78, 5) is 1.17. The van der Waals surface area contributed by atoms with Gasteiger partial charge in [-0.2, -0.15) is 26.3 Å². The van der Waals surface area contributed by atoms with Gasteiger partial charge in [0.1, 0.15) is 0 Å². The number of rotatable bonds is 2. The summed E-state index contributed by atoms with van der Waals surface area (Å²) in [6.07, 6.45) is -5.80. The van der Waals surface area contributed by atoms with Gasteiger partial charge < -0.3 is 4.90 Å². The summed E-state index contributed by atoms with van der Waals surface area (Å²) < 4.78 is 78.9. The van der Waals surface area contributed by atoms with Gasteiger partial charge in [0.05, 0.1) is 16.8 Å². The maximum Gasteiger partial charge on any atom is 0.418 e. The molecule has 0 spiro atoms. The summed E-state index contributed by atoms with van der Waals surface area (Å²) in [7, 11) is 1.33. The van der Waals surface area contributed by atoms with Crippen molar-refractivity contribution < 1.29 is 26.3 Å². The summed E-state index contributed by atoms with van der Waals surface area (Å²) in [5, 5.41) is 0. The Labute approximate surface area is 124 Å². The molecule has 0 heterocycles. The molecule has 0 atom stereocenters. The van der Waals surface area contributed by atoms with Crippen molar-refractivity contribution >= 4 is 5.69 Å². The van der Waals surface area contributed by atoms with Crippen LogP contribution in [0.2, 0.25) is 0 Å². The highest BCUT2D eigenvalue weighted by Crippen LogP contribution is 2.45. The van der Waals surface area contributed by atoms with Crippen molar-refractivity contribution in [3.8, 4) is 0 Å². The van der Waals surface area contributed by atoms with Crippen molar-refractivity contribution in [1.82, 2.24) is 0 Å². The van der Waals surface area contributed by atoms with E-state index in [1.807, 2.05) is 0 Å². The first-order chi connectivity index (χ1) is 10.1. The lowest BCUT2D eigenvalue weighted by Gasteiger charge is -2.36. The number of nitrogens with zero attached hydrogens (tertiary/aromatic N) is 1. The minimum Gasteiger partial charge on any atom is -0.371 e. The van der Waals surface area contributed by atoms with Crippen molar-refractivity contribution in [3.63, 3.8) is 0 Å². The third-order valence-electron chi connectivity index (χ3n) is 4.12. The molecule has 1 saturated carbocycles. The molecular formula is C15H17F6N. The van der Waals surface area contributed by atoms with Crippen molar-refractivity contribution in [2.75, 3.05) is 11.9 Å². The Morgan fingerprint density at radius 3 is 1.73 bits per heavy atom. The quantitative estimate of drug-likeness (QED) is 0.650. The molecule has 0 aromatic heterocycles. The number of benzene rings is 1. The van der Waals surface area contributed by atoms with Crippen LogP contribution in [-0.4, -0.2) is 13.1 Å². The molecule has 1 nitrogen and oxygen atoms in total. The lowest BCUT2D eigenvalue weighted by atomic mass is 9.93. The van der Waals surface area contributed by atoms with Gasteiger partial charge in [-0.1, -0.05) is 25.3 Å². The Balaban J connectivity index is 2.54. The molecule has 1 aromatic carbocycles. The zero-order valence-corrected chi connectivity index (χ0v) is 12.1. The van der Waals surface area contributed by atoms with Crippen molar-refractivity contribution in [1.29, 1.82) is 0 Å². The predicted octanol–water partition coefficient (Wildman–Crippen LogP) is 5.49. The lowest BCUT2D eigenvalue weighted by Crippen LogP contribution is -2.36. The molecule has 0 unspecified atom stereocenters. The molecule has 22 heavy (non-hydrogen) atoms. The molecule has 0 amide bonds. The molecule has 1 aliphatic rings. The van der Waals surface area contributed by atoms with Gasteiger partial charge in [0.25, 0.3) is 0 Å². The average molecular weight is 325 g/mol. The Kier molecular flexibility index (Phi) is 4.63. The molecule has 1 fully saturated rings. The average Bonchev–Trinajstić information content (AvgIpc) is 2.45. The minimum atomic E-state index is -4.82. The zero-order valence-electron chi connectivity index (χ0n) is 12.1. The number of alkyl halides is 6. The van der Waals surface area contributed by atoms with E-state index in [2.05, 4.69) is 0 Å². The van der Waals surface area contributed by atoms with Crippen molar-refractivity contribution in [2.24, 2.45) is 0 Å². The molecule has 0 aliphatic heterocycles. The fourth-order valence-corrected chi connectivity index (χ4v) is 3.03. The first-order valence-electron chi connectivity index (χ1n) is 7.12. The van der Waals surface area contributed by atoms with Gasteiger partial charge >= 0.3 is 12.4 Å². The van der Waals surface area contributed by atoms with E-state index in [4.69, 9.17) is 0 Å². The Morgan fingerprint density at radius 2 is 1.32 bits per heavy atom. The monoisotopic (exact) mass is 325 g/mol. The summed E-state index contributed by atoms with van der Waals surface area (Å²) >= 11 is 0. The predicted molar refractivity (Wildman–Crippen MR) is 71.7 cm³/mol. The summed E-state index contributed by atoms with van der Waals surface area (Å²) in [5.41, 5.74) is -3.21. The van der Waals surface area contributed by atoms with Crippen LogP contribution in [0.25, 0.3) is 0 Å². The van der Waals surface area contributed by atoms with E-state index < -0.39 is 29.2 Å². The Morgan fingerprint density at radius 1 is 0.864 bits per heavy atom. The van der Waals surface area contributed by atoms with Crippen LogP contribution in [0.4, 0.5) is 32.0 Å². The largest absolute Gasteiger partial charge is 0.418 e. The summed E-state index contributed by atoms with van der Waals surface area (Å²) in [6.45, 7) is 0. The highest BCUT2D eigenvalue weighted by Gasteiger charge is 2.42. The number of para-hydroxylation sites is 1. The minimum absolute atomic E-state index is 0.293. The topological polar surface area (TPSA) is 3.24 Å². The fraction of sp³-hybridized carbons (Fsp3) is 0.600. The van der Waals surface area contributed by atoms with E-state index >= 15 is 0 Å². The smallest absolute Gasteiger partial charge is 0.371 e. The van der Waals surface area contributed by atoms with Crippen LogP contribution in [0.15, 0.2) is 18.2 Å². The third kappa shape index (κ3) is 3.50. The van der Waals surface area contributed by atoms with Crippen LogP contribution in [0, 0.1) is 0 Å². The van der Waals surface area contributed by atoms with E-state index in [0.29, 0.717) is 25.0 Å². The van der Waals surface area contributed by atoms with Crippen LogP contribution in [0.5, 0.6) is 0 Å². The van der Waals surface area contributed by atoms with E-state index in [9.17, 15) is 26.3 Å². The van der Waals surface area contributed by atoms with E-state index in [-0.39, 0.29) is 6.04 Å². The lowest BCUT2D eigenvalue weighted by molar-refractivity contribution is -0.142. The molecule has 0 saturated heterocycles. The van der Waals surface area contributed by atoms with Gasteiger partial charge in [-0.05, 0) is 25.0 Å². The second kappa shape index (κ2) is 6.01. The van der Waals surface area contributed by atoms with Crippen LogP contribution >= 0.6 is 0 Å². The van der Waals surface area contributed by atoms with Crippen LogP contribution in [0.1, 0.15) is 43.2 Å². The van der Waals surface area contributed by atoms with Gasteiger partial charge in [-0.25, -0.2) is 0 Å². The second-order valence-corrected chi connectivity index (χ2v) is 5.60. The molecule has 1 aliphatic carbocycles. The molecule has 0 radical (unpaired) electrons. The molecule has 2 rings (SSSR count). The number of hydrogen-bond donors (Lipinski definition) is 0. The van der Waals surface area contributed by atoms with Gasteiger partial charge in [0.15, 0.2) is 0 Å². The first kappa shape index (κ1) is 17.0. The second-order valence-electron chi connectivity index (χ2n) is 5.60. The molecule has 0 N–H and O–H groups in total. The molecular weight excluding hydrogens is 308 g/mol. The normalized spacial score (nSPS) is 17.6. The highest BCUT2D eigenvalue weighted by atomic mass is 19.4. The van der Waals surface area contributed by atoms with Gasteiger partial charge in [0.2, 0.25) is 0 Å². The SMILES string of the molecule is CN(c1c(C(F)(F)F)cccc1C(F)(F)F)C1CCCCC1. The van der Waals surface area contributed by atoms with E-state index in [1.165, 1.54) is 11.9 Å². The van der Waals surface area contributed by atoms with Crippen molar-refractivity contribution in [3.05, 3.63) is 29.3 Å². The third-order valence-corrected chi connectivity index (χ3v) is 4.12.